The number of imidazole rings is 1. The highest BCUT2D eigenvalue weighted by Gasteiger charge is 2.12. The molecule has 3 rings (SSSR count). The molecular formula is C22H28N2O2. The van der Waals surface area contributed by atoms with Crippen LogP contribution in [0.25, 0.3) is 11.0 Å². The minimum absolute atomic E-state index is 0.192. The molecule has 0 unspecified atom stereocenters. The quantitative estimate of drug-likeness (QED) is 0.613. The Bertz CT molecular complexity index is 883. The van der Waals surface area contributed by atoms with Crippen LogP contribution in [0.5, 0.6) is 5.75 Å². The Kier molecular flexibility index (Phi) is 5.94. The molecule has 4 nitrogen and oxygen atoms in total. The lowest BCUT2D eigenvalue weighted by molar-refractivity contribution is 0.285. The third kappa shape index (κ3) is 4.07. The Morgan fingerprint density at radius 2 is 1.77 bits per heavy atom. The summed E-state index contributed by atoms with van der Waals surface area (Å²) in [5.74, 6) is 2.00. The van der Waals surface area contributed by atoms with Crippen LogP contribution in [0.2, 0.25) is 0 Å². The Hall–Kier alpha value is -2.33. The van der Waals surface area contributed by atoms with E-state index in [1.54, 1.807) is 0 Å². The number of aromatic nitrogens is 2. The maximum absolute atomic E-state index is 9.19. The van der Waals surface area contributed by atoms with Gasteiger partial charge in [-0.05, 0) is 68.5 Å². The second-order valence-corrected chi connectivity index (χ2v) is 6.90. The van der Waals surface area contributed by atoms with Gasteiger partial charge in [-0.25, -0.2) is 4.98 Å². The molecule has 138 valence electrons. The van der Waals surface area contributed by atoms with Gasteiger partial charge in [0.2, 0.25) is 0 Å². The summed E-state index contributed by atoms with van der Waals surface area (Å²) >= 11 is 0. The summed E-state index contributed by atoms with van der Waals surface area (Å²) in [6, 6.07) is 12.5. The maximum Gasteiger partial charge on any atom is 0.122 e. The fourth-order valence-electron chi connectivity index (χ4n) is 3.23. The molecule has 0 amide bonds. The molecule has 4 heteroatoms. The summed E-state index contributed by atoms with van der Waals surface area (Å²) in [4.78, 5) is 4.81. The molecule has 2 aromatic carbocycles. The number of benzene rings is 2. The molecule has 1 heterocycles. The highest BCUT2D eigenvalue weighted by molar-refractivity contribution is 5.78. The van der Waals surface area contributed by atoms with Crippen LogP contribution in [0.15, 0.2) is 36.4 Å². The second kappa shape index (κ2) is 8.37. The molecule has 0 saturated heterocycles. The molecule has 0 aliphatic heterocycles. The smallest absolute Gasteiger partial charge is 0.122 e. The minimum atomic E-state index is 0.192. The zero-order valence-corrected chi connectivity index (χ0v) is 16.0. The number of rotatable bonds is 8. The second-order valence-electron chi connectivity index (χ2n) is 6.90. The van der Waals surface area contributed by atoms with Crippen molar-refractivity contribution in [2.24, 2.45) is 0 Å². The van der Waals surface area contributed by atoms with E-state index in [9.17, 15) is 5.11 Å². The van der Waals surface area contributed by atoms with Gasteiger partial charge in [0.15, 0.2) is 0 Å². The number of aliphatic hydroxyl groups excluding tert-OH is 1. The zero-order valence-electron chi connectivity index (χ0n) is 16.0. The van der Waals surface area contributed by atoms with Gasteiger partial charge in [0.05, 0.1) is 17.6 Å². The summed E-state index contributed by atoms with van der Waals surface area (Å²) in [5, 5.41) is 9.19. The number of hydrogen-bond acceptors (Lipinski definition) is 3. The molecule has 0 aliphatic rings. The first-order chi connectivity index (χ1) is 12.6. The third-order valence-electron chi connectivity index (χ3n) is 4.88. The van der Waals surface area contributed by atoms with Crippen molar-refractivity contribution in [3.05, 3.63) is 58.9 Å². The van der Waals surface area contributed by atoms with Crippen molar-refractivity contribution in [3.8, 4) is 5.75 Å². The van der Waals surface area contributed by atoms with Crippen LogP contribution in [-0.4, -0.2) is 27.9 Å². The van der Waals surface area contributed by atoms with Crippen molar-refractivity contribution in [2.45, 2.75) is 46.6 Å². The van der Waals surface area contributed by atoms with Gasteiger partial charge in [0, 0.05) is 19.6 Å². The van der Waals surface area contributed by atoms with E-state index in [1.807, 2.05) is 18.2 Å². The lowest BCUT2D eigenvalue weighted by Gasteiger charge is -2.12. The van der Waals surface area contributed by atoms with E-state index in [0.29, 0.717) is 6.61 Å². The number of aryl methyl sites for hydroxylation is 5. The molecular weight excluding hydrogens is 324 g/mol. The lowest BCUT2D eigenvalue weighted by atomic mass is 10.1. The van der Waals surface area contributed by atoms with Gasteiger partial charge >= 0.3 is 0 Å². The molecule has 0 spiro atoms. The fraction of sp³-hybridized carbons (Fsp3) is 0.409. The van der Waals surface area contributed by atoms with Crippen molar-refractivity contribution in [1.82, 2.24) is 9.55 Å². The van der Waals surface area contributed by atoms with E-state index < -0.39 is 0 Å². The highest BCUT2D eigenvalue weighted by atomic mass is 16.5. The predicted molar refractivity (Wildman–Crippen MR) is 106 cm³/mol. The highest BCUT2D eigenvalue weighted by Crippen LogP contribution is 2.22. The summed E-state index contributed by atoms with van der Waals surface area (Å²) in [6.45, 7) is 8.06. The van der Waals surface area contributed by atoms with Crippen molar-refractivity contribution < 1.29 is 9.84 Å². The van der Waals surface area contributed by atoms with E-state index in [-0.39, 0.29) is 6.61 Å². The number of aliphatic hydroxyl groups is 1. The van der Waals surface area contributed by atoms with Gasteiger partial charge in [-0.3, -0.25) is 0 Å². The molecule has 3 aromatic rings. The van der Waals surface area contributed by atoms with Gasteiger partial charge in [-0.2, -0.15) is 0 Å². The standard InChI is InChI=1S/C22H28N2O2/c1-16-8-4-5-9-21(16)26-13-7-11-24-20-15-18(3)17(2)14-19(20)23-22(24)10-6-12-25/h4-5,8-9,14-15,25H,6-7,10-13H2,1-3H3. The van der Waals surface area contributed by atoms with Crippen LogP contribution in [0, 0.1) is 20.8 Å². The number of fused-ring (bicyclic) bond motifs is 1. The summed E-state index contributed by atoms with van der Waals surface area (Å²) in [6.07, 6.45) is 2.45. The minimum Gasteiger partial charge on any atom is -0.493 e. The Morgan fingerprint density at radius 3 is 2.54 bits per heavy atom. The van der Waals surface area contributed by atoms with E-state index >= 15 is 0 Å². The molecule has 0 saturated carbocycles. The van der Waals surface area contributed by atoms with Gasteiger partial charge in [-0.15, -0.1) is 0 Å². The lowest BCUT2D eigenvalue weighted by Crippen LogP contribution is -2.09. The van der Waals surface area contributed by atoms with E-state index in [0.717, 1.165) is 48.5 Å². The first kappa shape index (κ1) is 18.5. The molecule has 0 atom stereocenters. The summed E-state index contributed by atoms with van der Waals surface area (Å²) in [7, 11) is 0. The van der Waals surface area contributed by atoms with Gasteiger partial charge in [0.1, 0.15) is 11.6 Å². The van der Waals surface area contributed by atoms with Crippen LogP contribution >= 0.6 is 0 Å². The van der Waals surface area contributed by atoms with Gasteiger partial charge in [0.25, 0.3) is 0 Å². The topological polar surface area (TPSA) is 47.3 Å². The zero-order chi connectivity index (χ0) is 18.5. The van der Waals surface area contributed by atoms with E-state index in [4.69, 9.17) is 9.72 Å². The number of nitrogens with zero attached hydrogens (tertiary/aromatic N) is 2. The Balaban J connectivity index is 1.74. The van der Waals surface area contributed by atoms with E-state index in [2.05, 4.69) is 43.5 Å². The Labute approximate surface area is 155 Å². The average molecular weight is 352 g/mol. The monoisotopic (exact) mass is 352 g/mol. The normalized spacial score (nSPS) is 11.2. The van der Waals surface area contributed by atoms with Crippen molar-refractivity contribution in [2.75, 3.05) is 13.2 Å². The van der Waals surface area contributed by atoms with Crippen molar-refractivity contribution in [1.29, 1.82) is 0 Å². The van der Waals surface area contributed by atoms with Crippen LogP contribution < -0.4 is 4.74 Å². The van der Waals surface area contributed by atoms with Crippen LogP contribution in [0.4, 0.5) is 0 Å². The predicted octanol–water partition coefficient (Wildman–Crippen LogP) is 4.36. The molecule has 1 N–H and O–H groups in total. The third-order valence-corrected chi connectivity index (χ3v) is 4.88. The molecule has 1 aromatic heterocycles. The van der Waals surface area contributed by atoms with Gasteiger partial charge < -0.3 is 14.4 Å². The molecule has 0 radical (unpaired) electrons. The first-order valence-electron chi connectivity index (χ1n) is 9.36. The average Bonchev–Trinajstić information content (AvgIpc) is 2.95. The summed E-state index contributed by atoms with van der Waals surface area (Å²) in [5.41, 5.74) is 5.93. The van der Waals surface area contributed by atoms with Crippen LogP contribution in [0.1, 0.15) is 35.4 Å². The number of para-hydroxylation sites is 1. The molecule has 0 bridgehead atoms. The first-order valence-corrected chi connectivity index (χ1v) is 9.36. The number of hydrogen-bond donors (Lipinski definition) is 1. The number of ether oxygens (including phenoxy) is 1. The molecule has 26 heavy (non-hydrogen) atoms. The van der Waals surface area contributed by atoms with E-state index in [1.165, 1.54) is 16.6 Å². The Morgan fingerprint density at radius 1 is 1.00 bits per heavy atom. The van der Waals surface area contributed by atoms with Crippen LogP contribution in [0.3, 0.4) is 0 Å². The maximum atomic E-state index is 9.19. The summed E-state index contributed by atoms with van der Waals surface area (Å²) < 4.78 is 8.23. The van der Waals surface area contributed by atoms with Crippen molar-refractivity contribution in [3.63, 3.8) is 0 Å². The molecule has 0 fully saturated rings. The van der Waals surface area contributed by atoms with Crippen LogP contribution in [-0.2, 0) is 13.0 Å². The fourth-order valence-corrected chi connectivity index (χ4v) is 3.23. The largest absolute Gasteiger partial charge is 0.493 e. The molecule has 0 aliphatic carbocycles. The van der Waals surface area contributed by atoms with Crippen molar-refractivity contribution >= 4 is 11.0 Å². The SMILES string of the molecule is Cc1cc2nc(CCCO)n(CCCOc3ccccc3C)c2cc1C. The van der Waals surface area contributed by atoms with Gasteiger partial charge in [-0.1, -0.05) is 18.2 Å².